The van der Waals surface area contributed by atoms with Gasteiger partial charge in [-0.1, -0.05) is 45.0 Å². The highest BCUT2D eigenvalue weighted by Gasteiger charge is 2.35. The number of ether oxygens (including phenoxy) is 1. The fourth-order valence-electron chi connectivity index (χ4n) is 4.94. The van der Waals surface area contributed by atoms with Gasteiger partial charge in [0.25, 0.3) is 0 Å². The lowest BCUT2D eigenvalue weighted by atomic mass is 9.86. The molecule has 1 fully saturated rings. The minimum Gasteiger partial charge on any atom is -0.443 e. The second kappa shape index (κ2) is 11.8. The van der Waals surface area contributed by atoms with E-state index in [1.807, 2.05) is 45.3 Å². The number of carbonyl (C=O) groups excluding carboxylic acids is 1. The molecule has 9 nitrogen and oxygen atoms in total. The van der Waals surface area contributed by atoms with Crippen molar-refractivity contribution in [2.75, 3.05) is 17.7 Å². The van der Waals surface area contributed by atoms with Crippen LogP contribution in [-0.2, 0) is 32.7 Å². The highest BCUT2D eigenvalue weighted by molar-refractivity contribution is 7.89. The van der Waals surface area contributed by atoms with Crippen LogP contribution in [0.25, 0.3) is 11.0 Å². The third-order valence-electron chi connectivity index (χ3n) is 7.17. The molecule has 0 bridgehead atoms. The highest BCUT2D eigenvalue weighted by atomic mass is 32.2. The zero-order chi connectivity index (χ0) is 27.4. The molecule has 1 N–H and O–H groups in total. The van der Waals surface area contributed by atoms with Gasteiger partial charge >= 0.3 is 5.97 Å². The summed E-state index contributed by atoms with van der Waals surface area (Å²) in [5, 5.41) is 0.856. The molecular weight excluding hydrogens is 502 g/mol. The van der Waals surface area contributed by atoms with Crippen LogP contribution in [-0.4, -0.2) is 53.8 Å². The Morgan fingerprint density at radius 3 is 2.53 bits per heavy atom. The smallest absolute Gasteiger partial charge is 0.314 e. The number of nitrogens with zero attached hydrogens (tertiary/aromatic N) is 4. The molecule has 1 atom stereocenters. The lowest BCUT2D eigenvalue weighted by Gasteiger charge is -2.41. The molecule has 1 aromatic carbocycles. The van der Waals surface area contributed by atoms with E-state index >= 15 is 0 Å². The summed E-state index contributed by atoms with van der Waals surface area (Å²) in [6.07, 6.45) is 6.41. The Labute approximate surface area is 225 Å². The second-order valence-electron chi connectivity index (χ2n) is 10.7. The molecule has 1 saturated carbocycles. The number of benzene rings is 1. The maximum absolute atomic E-state index is 12.8. The van der Waals surface area contributed by atoms with Crippen LogP contribution in [0, 0.1) is 5.92 Å². The predicted molar refractivity (Wildman–Crippen MR) is 149 cm³/mol. The molecule has 3 aromatic rings. The van der Waals surface area contributed by atoms with Gasteiger partial charge in [0.2, 0.25) is 10.0 Å². The number of rotatable bonds is 12. The normalized spacial score (nSPS) is 18.4. The monoisotopic (exact) mass is 541 g/mol. The lowest BCUT2D eigenvalue weighted by Crippen LogP contribution is -2.53. The summed E-state index contributed by atoms with van der Waals surface area (Å²) in [4.78, 5) is 23.8. The third-order valence-corrected chi connectivity index (χ3v) is 8.81. The van der Waals surface area contributed by atoms with Crippen molar-refractivity contribution in [1.82, 2.24) is 19.3 Å². The maximum atomic E-state index is 12.8. The largest absolute Gasteiger partial charge is 0.443 e. The lowest BCUT2D eigenvalue weighted by molar-refractivity contribution is -0.148. The van der Waals surface area contributed by atoms with E-state index in [1.54, 1.807) is 4.57 Å². The highest BCUT2D eigenvalue weighted by Crippen LogP contribution is 2.32. The van der Waals surface area contributed by atoms with E-state index in [4.69, 9.17) is 4.74 Å². The fourth-order valence-corrected chi connectivity index (χ4v) is 6.29. The van der Waals surface area contributed by atoms with Crippen LogP contribution in [0.2, 0.25) is 0 Å². The van der Waals surface area contributed by atoms with Gasteiger partial charge in [-0.3, -0.25) is 9.36 Å². The molecule has 0 radical (unpaired) electrons. The minimum atomic E-state index is -3.22. The second-order valence-corrected chi connectivity index (χ2v) is 12.6. The molecule has 1 unspecified atom stereocenters. The predicted octanol–water partition coefficient (Wildman–Crippen LogP) is 4.23. The summed E-state index contributed by atoms with van der Waals surface area (Å²) in [6.45, 7) is 8.15. The van der Waals surface area contributed by atoms with Crippen LogP contribution in [0.1, 0.15) is 64.0 Å². The molecule has 2 aromatic heterocycles. The molecule has 1 aliphatic rings. The average molecular weight is 542 g/mol. The number of sulfonamides is 1. The van der Waals surface area contributed by atoms with Crippen molar-refractivity contribution in [3.63, 3.8) is 0 Å². The number of fused-ring (bicyclic) bond motifs is 1. The SMILES string of the molecule is CCCS(=O)(=O)NC1CC(N(C)c2ncnc3c2ccn3COC(=O)C(C)c2ccc(CC(C)C)cc2)C1. The molecule has 206 valence electrons. The van der Waals surface area contributed by atoms with Crippen LogP contribution in [0.5, 0.6) is 0 Å². The molecule has 38 heavy (non-hydrogen) atoms. The first kappa shape index (κ1) is 28.0. The van der Waals surface area contributed by atoms with Gasteiger partial charge in [-0.25, -0.2) is 23.1 Å². The number of aromatic nitrogens is 3. The van der Waals surface area contributed by atoms with Gasteiger partial charge < -0.3 is 9.64 Å². The minimum absolute atomic E-state index is 0.0475. The molecule has 0 spiro atoms. The molecule has 10 heteroatoms. The Morgan fingerprint density at radius 2 is 1.87 bits per heavy atom. The summed E-state index contributed by atoms with van der Waals surface area (Å²) < 4.78 is 34.3. The van der Waals surface area contributed by atoms with E-state index in [-0.39, 0.29) is 36.5 Å². The summed E-state index contributed by atoms with van der Waals surface area (Å²) in [5.41, 5.74) is 2.88. The Kier molecular flexibility index (Phi) is 8.72. The molecule has 1 aliphatic carbocycles. The summed E-state index contributed by atoms with van der Waals surface area (Å²) >= 11 is 0. The van der Waals surface area contributed by atoms with Crippen LogP contribution in [0.4, 0.5) is 5.82 Å². The van der Waals surface area contributed by atoms with Crippen molar-refractivity contribution in [2.45, 2.75) is 78.1 Å². The van der Waals surface area contributed by atoms with E-state index in [2.05, 4.69) is 45.6 Å². The summed E-state index contributed by atoms with van der Waals surface area (Å²) in [7, 11) is -1.25. The van der Waals surface area contributed by atoms with Gasteiger partial charge in [-0.2, -0.15) is 0 Å². The van der Waals surface area contributed by atoms with Crippen molar-refractivity contribution in [1.29, 1.82) is 0 Å². The number of hydrogen-bond acceptors (Lipinski definition) is 7. The molecule has 0 amide bonds. The Bertz CT molecular complexity index is 1350. The first-order chi connectivity index (χ1) is 18.1. The Balaban J connectivity index is 1.36. The van der Waals surface area contributed by atoms with E-state index in [0.29, 0.717) is 18.0 Å². The van der Waals surface area contributed by atoms with Gasteiger partial charge in [0.15, 0.2) is 6.73 Å². The quantitative estimate of drug-likeness (QED) is 0.342. The number of anilines is 1. The molecule has 2 heterocycles. The van der Waals surface area contributed by atoms with Crippen LogP contribution >= 0.6 is 0 Å². The molecule has 0 saturated heterocycles. The third kappa shape index (κ3) is 6.53. The van der Waals surface area contributed by atoms with Crippen LogP contribution in [0.15, 0.2) is 42.9 Å². The zero-order valence-electron chi connectivity index (χ0n) is 22.9. The Morgan fingerprint density at radius 1 is 1.16 bits per heavy atom. The van der Waals surface area contributed by atoms with Crippen molar-refractivity contribution in [2.24, 2.45) is 5.92 Å². The first-order valence-corrected chi connectivity index (χ1v) is 15.0. The van der Waals surface area contributed by atoms with Crippen molar-refractivity contribution >= 4 is 32.8 Å². The van der Waals surface area contributed by atoms with Gasteiger partial charge in [0.05, 0.1) is 17.1 Å². The van der Waals surface area contributed by atoms with Crippen molar-refractivity contribution in [3.8, 4) is 0 Å². The molecule has 0 aliphatic heterocycles. The molecule has 4 rings (SSSR count). The maximum Gasteiger partial charge on any atom is 0.314 e. The number of hydrogen-bond donors (Lipinski definition) is 1. The Hall–Kier alpha value is -2.98. The van der Waals surface area contributed by atoms with Crippen LogP contribution in [0.3, 0.4) is 0 Å². The number of nitrogens with one attached hydrogen (secondary N) is 1. The number of carbonyl (C=O) groups is 1. The van der Waals surface area contributed by atoms with Gasteiger partial charge in [-0.15, -0.1) is 0 Å². The summed E-state index contributed by atoms with van der Waals surface area (Å²) in [6, 6.07) is 10.2. The van der Waals surface area contributed by atoms with E-state index in [9.17, 15) is 13.2 Å². The standard InChI is InChI=1S/C28H39N5O4S/c1-6-13-38(35,36)31-23-15-24(16-23)32(5)26-25-11-12-33(27(25)30-17-29-26)18-37-28(34)20(4)22-9-7-21(8-10-22)14-19(2)3/h7-12,17,19-20,23-24,31H,6,13-16,18H2,1-5H3. The van der Waals surface area contributed by atoms with Gasteiger partial charge in [0.1, 0.15) is 17.8 Å². The fraction of sp³-hybridized carbons (Fsp3) is 0.536. The van der Waals surface area contributed by atoms with Crippen molar-refractivity contribution in [3.05, 3.63) is 54.0 Å². The van der Waals surface area contributed by atoms with E-state index in [0.717, 1.165) is 36.0 Å². The van der Waals surface area contributed by atoms with E-state index in [1.165, 1.54) is 11.9 Å². The van der Waals surface area contributed by atoms with Crippen LogP contribution < -0.4 is 9.62 Å². The summed E-state index contributed by atoms with van der Waals surface area (Å²) in [5.74, 6) is 0.844. The topological polar surface area (TPSA) is 106 Å². The van der Waals surface area contributed by atoms with E-state index < -0.39 is 10.0 Å². The zero-order valence-corrected chi connectivity index (χ0v) is 23.7. The van der Waals surface area contributed by atoms with Gasteiger partial charge in [0, 0.05) is 25.3 Å². The number of esters is 1. The average Bonchev–Trinajstić information content (AvgIpc) is 3.27. The van der Waals surface area contributed by atoms with Gasteiger partial charge in [-0.05, 0) is 55.7 Å². The molecular formula is C28H39N5O4S. The van der Waals surface area contributed by atoms with Crippen molar-refractivity contribution < 1.29 is 17.9 Å². The first-order valence-electron chi connectivity index (χ1n) is 13.4.